The Morgan fingerprint density at radius 2 is 1.84 bits per heavy atom. The molecule has 5 fully saturated rings. The zero-order valence-corrected chi connectivity index (χ0v) is 29.5. The Hall–Kier alpha value is -4.32. The Balaban J connectivity index is 1.17. The number of benzene rings is 2. The van der Waals surface area contributed by atoms with Crippen LogP contribution < -0.4 is 14.5 Å². The van der Waals surface area contributed by atoms with E-state index in [9.17, 15) is 13.6 Å². The zero-order valence-electron chi connectivity index (χ0n) is 29.5. The van der Waals surface area contributed by atoms with E-state index in [0.717, 1.165) is 122 Å². The minimum Gasteiger partial charge on any atom is -0.485 e. The minimum absolute atomic E-state index is 0.00758. The van der Waals surface area contributed by atoms with Gasteiger partial charge in [-0.15, -0.1) is 0 Å². The van der Waals surface area contributed by atoms with Gasteiger partial charge in [-0.2, -0.15) is 10.1 Å². The smallest absolute Gasteiger partial charge is 0.272 e. The Kier molecular flexibility index (Phi) is 7.94. The maximum Gasteiger partial charge on any atom is 0.272 e. The molecular weight excluding hydrogens is 650 g/mol. The predicted octanol–water partition coefficient (Wildman–Crippen LogP) is 6.15. The van der Waals surface area contributed by atoms with Gasteiger partial charge in [0.1, 0.15) is 17.9 Å². The summed E-state index contributed by atoms with van der Waals surface area (Å²) in [5.74, 6) is 2.87. The zero-order chi connectivity index (χ0) is 35.0. The summed E-state index contributed by atoms with van der Waals surface area (Å²) in [4.78, 5) is 31.8. The van der Waals surface area contributed by atoms with Crippen molar-refractivity contribution < 1.29 is 18.3 Å². The van der Waals surface area contributed by atoms with Crippen molar-refractivity contribution in [3.63, 3.8) is 0 Å². The van der Waals surface area contributed by atoms with Crippen LogP contribution in [0.4, 0.5) is 20.5 Å². The summed E-state index contributed by atoms with van der Waals surface area (Å²) in [7, 11) is 0. The lowest BCUT2D eigenvalue weighted by Gasteiger charge is -2.54. The van der Waals surface area contributed by atoms with Gasteiger partial charge in [-0.3, -0.25) is 14.8 Å². The third-order valence-corrected chi connectivity index (χ3v) is 12.2. The number of aromatic amines is 1. The second-order valence-corrected chi connectivity index (χ2v) is 15.8. The van der Waals surface area contributed by atoms with Gasteiger partial charge in [-0.1, -0.05) is 19.6 Å². The molecule has 1 amide bonds. The Bertz CT molecular complexity index is 2010. The van der Waals surface area contributed by atoms with Crippen molar-refractivity contribution in [2.24, 2.45) is 11.3 Å². The van der Waals surface area contributed by atoms with E-state index >= 15 is 0 Å². The number of likely N-dealkylation sites (tertiary alicyclic amines) is 2. The molecule has 0 radical (unpaired) electrons. The maximum absolute atomic E-state index is 14.1. The van der Waals surface area contributed by atoms with Crippen molar-refractivity contribution in [2.45, 2.75) is 64.3 Å². The molecular formula is C39H46F2N8O2. The number of aromatic nitrogens is 4. The van der Waals surface area contributed by atoms with E-state index in [1.54, 1.807) is 0 Å². The van der Waals surface area contributed by atoms with Crippen molar-refractivity contribution in [3.05, 3.63) is 48.2 Å². The number of hydrogen-bond acceptors (Lipinski definition) is 8. The molecule has 10 nitrogen and oxygen atoms in total. The molecule has 4 saturated heterocycles. The van der Waals surface area contributed by atoms with E-state index < -0.39 is 13.0 Å². The molecule has 9 rings (SSSR count). The van der Waals surface area contributed by atoms with Crippen LogP contribution in [0.1, 0.15) is 56.1 Å². The van der Waals surface area contributed by atoms with Crippen LogP contribution in [0.5, 0.6) is 5.75 Å². The quantitative estimate of drug-likeness (QED) is 0.209. The summed E-state index contributed by atoms with van der Waals surface area (Å²) in [6.07, 6.45) is 5.74. The number of carbonyl (C=O) groups excluding carboxylic acids is 1. The van der Waals surface area contributed by atoms with Crippen molar-refractivity contribution in [2.75, 3.05) is 68.8 Å². The number of H-pyrrole nitrogens is 1. The van der Waals surface area contributed by atoms with Gasteiger partial charge in [0.25, 0.3) is 6.43 Å². The molecule has 0 unspecified atom stereocenters. The molecule has 51 heavy (non-hydrogen) atoms. The van der Waals surface area contributed by atoms with Crippen LogP contribution in [0.2, 0.25) is 0 Å². The van der Waals surface area contributed by atoms with E-state index in [4.69, 9.17) is 14.7 Å². The molecule has 1 spiro atoms. The summed E-state index contributed by atoms with van der Waals surface area (Å²) in [5.41, 5.74) is 5.49. The molecule has 1 atom stereocenters. The number of fused-ring (bicyclic) bond motifs is 2. The number of alkyl halides is 2. The van der Waals surface area contributed by atoms with Gasteiger partial charge < -0.3 is 19.4 Å². The molecule has 4 aliphatic heterocycles. The monoisotopic (exact) mass is 696 g/mol. The number of nitrogens with one attached hydrogen (secondary N) is 1. The van der Waals surface area contributed by atoms with Gasteiger partial charge in [-0.05, 0) is 92.3 Å². The van der Waals surface area contributed by atoms with Crippen LogP contribution in [0.25, 0.3) is 32.9 Å². The van der Waals surface area contributed by atoms with Gasteiger partial charge in [0.15, 0.2) is 5.75 Å². The molecule has 12 heteroatoms. The van der Waals surface area contributed by atoms with Crippen molar-refractivity contribution >= 4 is 39.5 Å². The minimum atomic E-state index is -2.64. The summed E-state index contributed by atoms with van der Waals surface area (Å²) in [6, 6.07) is 6.75. The van der Waals surface area contributed by atoms with Crippen LogP contribution in [0.3, 0.4) is 0 Å². The van der Waals surface area contributed by atoms with Gasteiger partial charge in [0.2, 0.25) is 11.9 Å². The first-order valence-corrected chi connectivity index (χ1v) is 18.6. The number of amides is 1. The highest BCUT2D eigenvalue weighted by atomic mass is 19.3. The molecule has 1 saturated carbocycles. The van der Waals surface area contributed by atoms with E-state index in [2.05, 4.69) is 57.5 Å². The highest BCUT2D eigenvalue weighted by Crippen LogP contribution is 2.53. The molecule has 6 heterocycles. The second kappa shape index (κ2) is 12.4. The normalized spacial score (nSPS) is 22.3. The molecule has 5 aliphatic rings. The maximum atomic E-state index is 14.1. The van der Waals surface area contributed by atoms with Crippen LogP contribution in [0.15, 0.2) is 37.1 Å². The van der Waals surface area contributed by atoms with Crippen molar-refractivity contribution in [1.29, 1.82) is 0 Å². The summed E-state index contributed by atoms with van der Waals surface area (Å²) < 4.78 is 34.4. The van der Waals surface area contributed by atoms with Crippen molar-refractivity contribution in [3.8, 4) is 16.9 Å². The van der Waals surface area contributed by atoms with Crippen LogP contribution in [-0.4, -0.2) is 107 Å². The molecule has 4 aromatic rings. The fourth-order valence-electron chi connectivity index (χ4n) is 9.04. The highest BCUT2D eigenvalue weighted by Gasteiger charge is 2.47. The van der Waals surface area contributed by atoms with Crippen LogP contribution in [-0.2, 0) is 4.79 Å². The Morgan fingerprint density at radius 1 is 1.06 bits per heavy atom. The molecule has 2 aromatic heterocycles. The number of aryl methyl sites for hydroxylation is 1. The number of carbonyl (C=O) groups is 1. The molecule has 268 valence electrons. The lowest BCUT2D eigenvalue weighted by molar-refractivity contribution is -0.139. The van der Waals surface area contributed by atoms with Gasteiger partial charge in [0.05, 0.1) is 11.7 Å². The number of anilines is 2. The van der Waals surface area contributed by atoms with Gasteiger partial charge >= 0.3 is 0 Å². The SMILES string of the molecule is C=CC(=O)N1CC2(CCN(c3nc(N4CC(N5CC[C@@H](C)C5)C4)nc4c(OCC(F)F)c(-c5c(C)ccc6[nH]ncc56)c(C5CC5)cc34)CC2)C1. The van der Waals surface area contributed by atoms with Crippen LogP contribution in [0, 0.1) is 18.3 Å². The molecule has 1 aliphatic carbocycles. The number of nitrogens with zero attached hydrogens (tertiary/aromatic N) is 7. The largest absolute Gasteiger partial charge is 0.485 e. The van der Waals surface area contributed by atoms with E-state index in [1.165, 1.54) is 12.5 Å². The number of halogens is 2. The number of rotatable bonds is 9. The summed E-state index contributed by atoms with van der Waals surface area (Å²) in [5, 5.41) is 9.23. The molecule has 1 N–H and O–H groups in total. The topological polar surface area (TPSA) is 93.7 Å². The first-order valence-electron chi connectivity index (χ1n) is 18.6. The van der Waals surface area contributed by atoms with Gasteiger partial charge in [0, 0.05) is 73.6 Å². The number of ether oxygens (including phenoxy) is 1. The lowest BCUT2D eigenvalue weighted by atomic mass is 9.72. The highest BCUT2D eigenvalue weighted by molar-refractivity contribution is 6.06. The van der Waals surface area contributed by atoms with E-state index in [0.29, 0.717) is 35.1 Å². The molecule has 2 aromatic carbocycles. The predicted molar refractivity (Wildman–Crippen MR) is 195 cm³/mol. The fourth-order valence-corrected chi connectivity index (χ4v) is 9.04. The Labute approximate surface area is 296 Å². The van der Waals surface area contributed by atoms with Gasteiger partial charge in [-0.25, -0.2) is 13.8 Å². The summed E-state index contributed by atoms with van der Waals surface area (Å²) in [6.45, 7) is 14.3. The van der Waals surface area contributed by atoms with Crippen molar-refractivity contribution in [1.82, 2.24) is 30.0 Å². The fraction of sp³-hybridized carbons (Fsp3) is 0.538. The first-order chi connectivity index (χ1) is 24.7. The number of piperidine rings is 1. The molecule has 0 bridgehead atoms. The van der Waals surface area contributed by atoms with Crippen LogP contribution >= 0.6 is 0 Å². The van der Waals surface area contributed by atoms with E-state index in [-0.39, 0.29) is 11.3 Å². The number of hydrogen-bond donors (Lipinski definition) is 1. The first kappa shape index (κ1) is 32.6. The third kappa shape index (κ3) is 5.70. The standard InChI is InChI=1S/C39H46F2N8O2/c1-4-32(50)49-21-39(22-49)10-13-46(14-11-39)37-28-15-27(25-6-7-25)34(33-24(3)5-8-30-29(33)16-42-45-30)36(51-20-31(40)41)35(28)43-38(44-37)48-18-26(19-48)47-12-9-23(2)17-47/h4-5,8,15-16,23,25-26,31H,1,6-7,9-14,17-22H2,2-3H3,(H,42,45)/t23-/m1/s1. The van der Waals surface area contributed by atoms with E-state index in [1.807, 2.05) is 17.2 Å². The second-order valence-electron chi connectivity index (χ2n) is 15.8. The average Bonchev–Trinajstić information content (AvgIpc) is 3.68. The average molecular weight is 697 g/mol. The lowest BCUT2D eigenvalue weighted by Crippen LogP contribution is -2.61. The summed E-state index contributed by atoms with van der Waals surface area (Å²) >= 11 is 0. The Morgan fingerprint density at radius 3 is 2.53 bits per heavy atom. The third-order valence-electron chi connectivity index (χ3n) is 12.2.